The molecule has 0 bridgehead atoms. The van der Waals surface area contributed by atoms with Gasteiger partial charge in [0.1, 0.15) is 0 Å². The van der Waals surface area contributed by atoms with Gasteiger partial charge in [-0.3, -0.25) is 0 Å². The average molecular weight is 231 g/mol. The van der Waals surface area contributed by atoms with Gasteiger partial charge in [0.15, 0.2) is 0 Å². The van der Waals surface area contributed by atoms with Crippen molar-refractivity contribution in [2.75, 3.05) is 5.33 Å². The highest BCUT2D eigenvalue weighted by molar-refractivity contribution is 9.09. The predicted molar refractivity (Wildman–Crippen MR) is 56.7 cm³/mol. The van der Waals surface area contributed by atoms with Crippen molar-refractivity contribution in [3.63, 3.8) is 0 Å². The second-order valence-corrected chi connectivity index (χ2v) is 5.38. The summed E-state index contributed by atoms with van der Waals surface area (Å²) in [6, 6.07) is 0. The van der Waals surface area contributed by atoms with Crippen LogP contribution in [0.4, 0.5) is 0 Å². The lowest BCUT2D eigenvalue weighted by molar-refractivity contribution is 0.409. The molecule has 2 saturated carbocycles. The van der Waals surface area contributed by atoms with Crippen LogP contribution in [-0.2, 0) is 0 Å². The lowest BCUT2D eigenvalue weighted by Crippen LogP contribution is -2.04. The Hall–Kier alpha value is 0.480. The summed E-state index contributed by atoms with van der Waals surface area (Å²) >= 11 is 3.64. The molecule has 0 N–H and O–H groups in total. The van der Waals surface area contributed by atoms with Gasteiger partial charge in [0, 0.05) is 5.33 Å². The van der Waals surface area contributed by atoms with Crippen LogP contribution in [-0.4, -0.2) is 5.33 Å². The summed E-state index contributed by atoms with van der Waals surface area (Å²) in [5, 5.41) is 1.26. The van der Waals surface area contributed by atoms with E-state index in [1.807, 2.05) is 0 Å². The Kier molecular flexibility index (Phi) is 2.78. The molecule has 0 unspecified atom stereocenters. The maximum atomic E-state index is 3.64. The molecule has 0 heterocycles. The fourth-order valence-corrected chi connectivity index (χ4v) is 3.28. The molecule has 0 atom stereocenters. The molecule has 0 radical (unpaired) electrons. The Morgan fingerprint density at radius 2 is 1.83 bits per heavy atom. The van der Waals surface area contributed by atoms with Crippen LogP contribution in [0.5, 0.6) is 0 Å². The maximum absolute atomic E-state index is 3.64. The first-order chi connectivity index (χ1) is 5.85. The monoisotopic (exact) mass is 230 g/mol. The molecular formula is C11H19Br. The summed E-state index contributed by atoms with van der Waals surface area (Å²) in [6.07, 6.45) is 12.1. The van der Waals surface area contributed by atoms with Gasteiger partial charge in [0.2, 0.25) is 0 Å². The summed E-state index contributed by atoms with van der Waals surface area (Å²) < 4.78 is 0. The van der Waals surface area contributed by atoms with Crippen molar-refractivity contribution in [3.8, 4) is 0 Å². The molecule has 2 aliphatic rings. The van der Waals surface area contributed by atoms with Crippen molar-refractivity contribution in [3.05, 3.63) is 0 Å². The first-order valence-electron chi connectivity index (χ1n) is 5.41. The molecule has 2 fully saturated rings. The van der Waals surface area contributed by atoms with E-state index in [-0.39, 0.29) is 0 Å². The van der Waals surface area contributed by atoms with Gasteiger partial charge in [-0.05, 0) is 37.0 Å². The molecule has 70 valence electrons. The normalized spacial score (nSPS) is 27.8. The molecule has 0 spiro atoms. The molecular weight excluding hydrogens is 212 g/mol. The maximum Gasteiger partial charge on any atom is 0.00879 e. The van der Waals surface area contributed by atoms with E-state index in [2.05, 4.69) is 15.9 Å². The van der Waals surface area contributed by atoms with Crippen molar-refractivity contribution in [1.82, 2.24) is 0 Å². The molecule has 0 aromatic carbocycles. The van der Waals surface area contributed by atoms with Gasteiger partial charge in [0.05, 0.1) is 0 Å². The first kappa shape index (κ1) is 9.05. The summed E-state index contributed by atoms with van der Waals surface area (Å²) in [7, 11) is 0. The van der Waals surface area contributed by atoms with Crippen LogP contribution in [0, 0.1) is 11.3 Å². The topological polar surface area (TPSA) is 0 Å². The van der Waals surface area contributed by atoms with Crippen molar-refractivity contribution in [1.29, 1.82) is 0 Å². The van der Waals surface area contributed by atoms with Gasteiger partial charge in [-0.25, -0.2) is 0 Å². The fourth-order valence-electron chi connectivity index (χ4n) is 2.44. The number of hydrogen-bond donors (Lipinski definition) is 0. The zero-order chi connectivity index (χ0) is 8.44. The molecule has 1 heteroatoms. The Bertz CT molecular complexity index is 143. The van der Waals surface area contributed by atoms with Gasteiger partial charge < -0.3 is 0 Å². The molecule has 12 heavy (non-hydrogen) atoms. The number of rotatable bonds is 4. The lowest BCUT2D eigenvalue weighted by atomic mass is 9.94. The summed E-state index contributed by atoms with van der Waals surface area (Å²) in [6.45, 7) is 0. The zero-order valence-electron chi connectivity index (χ0n) is 7.82. The van der Waals surface area contributed by atoms with Crippen LogP contribution in [0.25, 0.3) is 0 Å². The third kappa shape index (κ3) is 2.04. The van der Waals surface area contributed by atoms with Crippen molar-refractivity contribution < 1.29 is 0 Å². The van der Waals surface area contributed by atoms with Gasteiger partial charge >= 0.3 is 0 Å². The molecule has 0 nitrogen and oxygen atoms in total. The fraction of sp³-hybridized carbons (Fsp3) is 1.00. The van der Waals surface area contributed by atoms with Crippen molar-refractivity contribution >= 4 is 15.9 Å². The Labute approximate surface area is 84.2 Å². The van der Waals surface area contributed by atoms with Gasteiger partial charge in [-0.2, -0.15) is 0 Å². The second-order valence-electron chi connectivity index (χ2n) is 4.82. The highest BCUT2D eigenvalue weighted by Crippen LogP contribution is 2.52. The minimum atomic E-state index is 0.766. The van der Waals surface area contributed by atoms with Crippen LogP contribution in [0.15, 0.2) is 0 Å². The van der Waals surface area contributed by atoms with E-state index in [1.54, 1.807) is 0 Å². The van der Waals surface area contributed by atoms with Crippen molar-refractivity contribution in [2.24, 2.45) is 11.3 Å². The van der Waals surface area contributed by atoms with E-state index < -0.39 is 0 Å². The van der Waals surface area contributed by atoms with Gasteiger partial charge in [0.25, 0.3) is 0 Å². The Morgan fingerprint density at radius 1 is 1.17 bits per heavy atom. The molecule has 2 rings (SSSR count). The molecule has 0 aromatic heterocycles. The SMILES string of the molecule is BrCC1(CCC2CCCC2)CC1. The number of alkyl halides is 1. The highest BCUT2D eigenvalue weighted by Gasteiger charge is 2.41. The minimum absolute atomic E-state index is 0.766. The lowest BCUT2D eigenvalue weighted by Gasteiger charge is -2.14. The minimum Gasteiger partial charge on any atom is -0.0922 e. The van der Waals surface area contributed by atoms with Gasteiger partial charge in [-0.1, -0.05) is 41.6 Å². The second kappa shape index (κ2) is 3.69. The third-order valence-electron chi connectivity index (χ3n) is 3.80. The first-order valence-corrected chi connectivity index (χ1v) is 6.53. The van der Waals surface area contributed by atoms with Crippen LogP contribution in [0.1, 0.15) is 51.4 Å². The third-order valence-corrected chi connectivity index (χ3v) is 4.99. The molecule has 0 aliphatic heterocycles. The largest absolute Gasteiger partial charge is 0.0922 e. The summed E-state index contributed by atoms with van der Waals surface area (Å²) in [5.74, 6) is 1.10. The molecule has 0 saturated heterocycles. The smallest absolute Gasteiger partial charge is 0.00879 e. The summed E-state index contributed by atoms with van der Waals surface area (Å²) in [5.41, 5.74) is 0.766. The van der Waals surface area contributed by atoms with E-state index in [1.165, 1.54) is 56.7 Å². The number of hydrogen-bond acceptors (Lipinski definition) is 0. The number of halogens is 1. The van der Waals surface area contributed by atoms with Gasteiger partial charge in [-0.15, -0.1) is 0 Å². The van der Waals surface area contributed by atoms with Crippen LogP contribution in [0.2, 0.25) is 0 Å². The highest BCUT2D eigenvalue weighted by atomic mass is 79.9. The van der Waals surface area contributed by atoms with Crippen LogP contribution in [0.3, 0.4) is 0 Å². The molecule has 0 amide bonds. The summed E-state index contributed by atoms with van der Waals surface area (Å²) in [4.78, 5) is 0. The molecule has 0 aromatic rings. The van der Waals surface area contributed by atoms with E-state index in [4.69, 9.17) is 0 Å². The quantitative estimate of drug-likeness (QED) is 0.638. The molecule has 2 aliphatic carbocycles. The van der Waals surface area contributed by atoms with E-state index in [9.17, 15) is 0 Å². The van der Waals surface area contributed by atoms with E-state index in [0.717, 1.165) is 11.3 Å². The van der Waals surface area contributed by atoms with Crippen LogP contribution < -0.4 is 0 Å². The van der Waals surface area contributed by atoms with Crippen LogP contribution >= 0.6 is 15.9 Å². The average Bonchev–Trinajstić information content (AvgIpc) is 2.70. The standard InChI is InChI=1S/C11H19Br/c12-9-11(7-8-11)6-5-10-3-1-2-4-10/h10H,1-9H2. The van der Waals surface area contributed by atoms with E-state index in [0.29, 0.717) is 0 Å². The van der Waals surface area contributed by atoms with E-state index >= 15 is 0 Å². The zero-order valence-corrected chi connectivity index (χ0v) is 9.41. The Morgan fingerprint density at radius 3 is 2.33 bits per heavy atom. The Balaban J connectivity index is 1.67. The van der Waals surface area contributed by atoms with Crippen molar-refractivity contribution in [2.45, 2.75) is 51.4 Å². The predicted octanol–water partition coefficient (Wildman–Crippen LogP) is 4.13.